The second kappa shape index (κ2) is 9.51. The molecule has 0 heterocycles. The summed E-state index contributed by atoms with van der Waals surface area (Å²) in [6.07, 6.45) is 6.58. The quantitative estimate of drug-likeness (QED) is 0.568. The molecule has 0 saturated carbocycles. The highest BCUT2D eigenvalue weighted by atomic mass is 16.5. The van der Waals surface area contributed by atoms with Crippen LogP contribution in [0.2, 0.25) is 0 Å². The lowest BCUT2D eigenvalue weighted by Crippen LogP contribution is -2.00. The zero-order chi connectivity index (χ0) is 17.2. The van der Waals surface area contributed by atoms with Gasteiger partial charge in [0.15, 0.2) is 11.5 Å². The molecule has 0 aromatic heterocycles. The van der Waals surface area contributed by atoms with E-state index in [1.54, 1.807) is 18.2 Å². The Balaban J connectivity index is 2.95. The molecule has 0 radical (unpaired) electrons. The summed E-state index contributed by atoms with van der Waals surface area (Å²) in [5.74, 6) is 0.246. The van der Waals surface area contributed by atoms with Gasteiger partial charge >= 0.3 is 5.97 Å². The molecular formula is C19H24O4. The van der Waals surface area contributed by atoms with Crippen molar-refractivity contribution < 1.29 is 19.4 Å². The molecule has 1 aromatic rings. The van der Waals surface area contributed by atoms with Gasteiger partial charge in [-0.05, 0) is 63.6 Å². The largest absolute Gasteiger partial charge is 0.486 e. The molecule has 0 aliphatic rings. The Morgan fingerprint density at radius 2 is 1.57 bits per heavy atom. The summed E-state index contributed by atoms with van der Waals surface area (Å²) in [6, 6.07) is 5.36. The smallest absolute Gasteiger partial charge is 0.328 e. The molecule has 23 heavy (non-hydrogen) atoms. The van der Waals surface area contributed by atoms with Gasteiger partial charge in [-0.2, -0.15) is 0 Å². The van der Waals surface area contributed by atoms with Crippen LogP contribution in [0.25, 0.3) is 6.08 Å². The van der Waals surface area contributed by atoms with Gasteiger partial charge in [-0.15, -0.1) is 0 Å². The Morgan fingerprint density at radius 3 is 2.09 bits per heavy atom. The van der Waals surface area contributed by atoms with E-state index in [1.807, 2.05) is 39.8 Å². The van der Waals surface area contributed by atoms with E-state index in [0.29, 0.717) is 24.7 Å². The van der Waals surface area contributed by atoms with Crippen molar-refractivity contribution >= 4 is 12.0 Å². The number of ether oxygens (including phenoxy) is 2. The molecule has 124 valence electrons. The van der Waals surface area contributed by atoms with E-state index in [0.717, 1.165) is 11.6 Å². The van der Waals surface area contributed by atoms with Gasteiger partial charge in [0.2, 0.25) is 0 Å². The minimum Gasteiger partial charge on any atom is -0.486 e. The Labute approximate surface area is 137 Å². The SMILES string of the molecule is CC(C)=CCOc1ccc(/C=C/C(=O)O)cc1OCC=C(C)C. The predicted molar refractivity (Wildman–Crippen MR) is 93.0 cm³/mol. The zero-order valence-corrected chi connectivity index (χ0v) is 14.1. The average Bonchev–Trinajstić information content (AvgIpc) is 2.46. The Bertz CT molecular complexity index is 616. The Hall–Kier alpha value is -2.49. The standard InChI is InChI=1S/C19H24O4/c1-14(2)9-11-22-17-7-5-16(6-8-19(20)21)13-18(17)23-12-10-15(3)4/h5-10,13H,11-12H2,1-4H3,(H,20,21)/b8-6+. The normalized spacial score (nSPS) is 10.3. The highest BCUT2D eigenvalue weighted by molar-refractivity contribution is 5.85. The van der Waals surface area contributed by atoms with Crippen LogP contribution in [0.3, 0.4) is 0 Å². The topological polar surface area (TPSA) is 55.8 Å². The van der Waals surface area contributed by atoms with Crippen LogP contribution in [-0.4, -0.2) is 24.3 Å². The summed E-state index contributed by atoms with van der Waals surface area (Å²) in [4.78, 5) is 10.6. The minimum atomic E-state index is -0.985. The lowest BCUT2D eigenvalue weighted by Gasteiger charge is -2.12. The maximum Gasteiger partial charge on any atom is 0.328 e. The van der Waals surface area contributed by atoms with Crippen molar-refractivity contribution in [3.8, 4) is 11.5 Å². The monoisotopic (exact) mass is 316 g/mol. The summed E-state index contributed by atoms with van der Waals surface area (Å²) in [5, 5.41) is 8.71. The van der Waals surface area contributed by atoms with E-state index in [4.69, 9.17) is 14.6 Å². The van der Waals surface area contributed by atoms with Gasteiger partial charge in [0.25, 0.3) is 0 Å². The van der Waals surface area contributed by atoms with Gasteiger partial charge in [0.1, 0.15) is 13.2 Å². The van der Waals surface area contributed by atoms with Crippen molar-refractivity contribution in [2.45, 2.75) is 27.7 Å². The lowest BCUT2D eigenvalue weighted by molar-refractivity contribution is -0.131. The second-order valence-corrected chi connectivity index (χ2v) is 5.56. The van der Waals surface area contributed by atoms with Crippen LogP contribution < -0.4 is 9.47 Å². The van der Waals surface area contributed by atoms with Gasteiger partial charge < -0.3 is 14.6 Å². The molecule has 0 fully saturated rings. The fraction of sp³-hybridized carbons (Fsp3) is 0.316. The molecule has 1 N–H and O–H groups in total. The van der Waals surface area contributed by atoms with Gasteiger partial charge in [0.05, 0.1) is 0 Å². The molecule has 0 saturated heterocycles. The molecule has 0 unspecified atom stereocenters. The third-order valence-electron chi connectivity index (χ3n) is 2.85. The highest BCUT2D eigenvalue weighted by Gasteiger charge is 2.05. The van der Waals surface area contributed by atoms with E-state index < -0.39 is 5.97 Å². The van der Waals surface area contributed by atoms with Gasteiger partial charge in [0, 0.05) is 6.08 Å². The van der Waals surface area contributed by atoms with E-state index in [2.05, 4.69) is 0 Å². The minimum absolute atomic E-state index is 0.438. The number of rotatable bonds is 8. The van der Waals surface area contributed by atoms with Crippen molar-refractivity contribution in [2.24, 2.45) is 0 Å². The molecule has 1 rings (SSSR count). The molecule has 0 aliphatic carbocycles. The number of hydrogen-bond donors (Lipinski definition) is 1. The number of aliphatic carboxylic acids is 1. The Kier molecular flexibility index (Phi) is 7.67. The maximum absolute atomic E-state index is 10.6. The molecular weight excluding hydrogens is 292 g/mol. The van der Waals surface area contributed by atoms with Gasteiger partial charge in [-0.3, -0.25) is 0 Å². The van der Waals surface area contributed by atoms with Crippen LogP contribution in [0.4, 0.5) is 0 Å². The second-order valence-electron chi connectivity index (χ2n) is 5.56. The first-order chi connectivity index (χ1) is 10.9. The molecule has 1 aromatic carbocycles. The molecule has 0 amide bonds. The molecule has 4 heteroatoms. The highest BCUT2D eigenvalue weighted by Crippen LogP contribution is 2.29. The maximum atomic E-state index is 10.6. The molecule has 4 nitrogen and oxygen atoms in total. The van der Waals surface area contributed by atoms with Crippen molar-refractivity contribution in [3.63, 3.8) is 0 Å². The number of allylic oxidation sites excluding steroid dienone is 2. The van der Waals surface area contributed by atoms with E-state index >= 15 is 0 Å². The Morgan fingerprint density at radius 1 is 1.00 bits per heavy atom. The zero-order valence-electron chi connectivity index (χ0n) is 14.1. The van der Waals surface area contributed by atoms with Gasteiger partial charge in [-0.1, -0.05) is 17.2 Å². The number of carbonyl (C=O) groups is 1. The third-order valence-corrected chi connectivity index (χ3v) is 2.85. The number of benzene rings is 1. The van der Waals surface area contributed by atoms with Crippen LogP contribution in [-0.2, 0) is 4.79 Å². The van der Waals surface area contributed by atoms with Crippen molar-refractivity contribution in [1.82, 2.24) is 0 Å². The van der Waals surface area contributed by atoms with Gasteiger partial charge in [-0.25, -0.2) is 4.79 Å². The first kappa shape index (κ1) is 18.6. The third kappa shape index (κ3) is 7.90. The van der Waals surface area contributed by atoms with Crippen molar-refractivity contribution in [1.29, 1.82) is 0 Å². The van der Waals surface area contributed by atoms with Crippen LogP contribution in [0.15, 0.2) is 47.6 Å². The lowest BCUT2D eigenvalue weighted by atomic mass is 10.2. The van der Waals surface area contributed by atoms with Crippen molar-refractivity contribution in [2.75, 3.05) is 13.2 Å². The van der Waals surface area contributed by atoms with E-state index in [9.17, 15) is 4.79 Å². The molecule has 0 bridgehead atoms. The van der Waals surface area contributed by atoms with Crippen molar-refractivity contribution in [3.05, 3.63) is 53.1 Å². The number of hydrogen-bond acceptors (Lipinski definition) is 3. The van der Waals surface area contributed by atoms with E-state index in [-0.39, 0.29) is 0 Å². The molecule has 0 aliphatic heterocycles. The fourth-order valence-corrected chi connectivity index (χ4v) is 1.62. The average molecular weight is 316 g/mol. The van der Waals surface area contributed by atoms with Crippen LogP contribution in [0.5, 0.6) is 11.5 Å². The van der Waals surface area contributed by atoms with Crippen LogP contribution >= 0.6 is 0 Å². The van der Waals surface area contributed by atoms with Crippen LogP contribution in [0, 0.1) is 0 Å². The predicted octanol–water partition coefficient (Wildman–Crippen LogP) is 4.47. The fourth-order valence-electron chi connectivity index (χ4n) is 1.62. The number of carboxylic acids is 1. The first-order valence-electron chi connectivity index (χ1n) is 7.46. The number of carboxylic acid groups (broad SMARTS) is 1. The summed E-state index contributed by atoms with van der Waals surface area (Å²) < 4.78 is 11.5. The first-order valence-corrected chi connectivity index (χ1v) is 7.46. The van der Waals surface area contributed by atoms with Crippen LogP contribution in [0.1, 0.15) is 33.3 Å². The summed E-state index contributed by atoms with van der Waals surface area (Å²) in [5.41, 5.74) is 3.09. The summed E-state index contributed by atoms with van der Waals surface area (Å²) in [6.45, 7) is 8.92. The summed E-state index contributed by atoms with van der Waals surface area (Å²) in [7, 11) is 0. The molecule has 0 atom stereocenters. The molecule has 0 spiro atoms. The van der Waals surface area contributed by atoms with E-state index in [1.165, 1.54) is 17.2 Å². The summed E-state index contributed by atoms with van der Waals surface area (Å²) >= 11 is 0.